The third-order valence-electron chi connectivity index (χ3n) is 4.17. The molecule has 2 aromatic rings. The van der Waals surface area contributed by atoms with E-state index in [0.29, 0.717) is 18.9 Å². The highest BCUT2D eigenvalue weighted by Crippen LogP contribution is 2.29. The van der Waals surface area contributed by atoms with Crippen LogP contribution in [0, 0.1) is 5.82 Å². The average Bonchev–Trinajstić information content (AvgIpc) is 2.78. The van der Waals surface area contributed by atoms with Crippen LogP contribution < -0.4 is 15.4 Å². The van der Waals surface area contributed by atoms with Gasteiger partial charge in [0.15, 0.2) is 11.6 Å². The Bertz CT molecular complexity index is 660. The second-order valence-electron chi connectivity index (χ2n) is 5.79. The Morgan fingerprint density at radius 3 is 2.96 bits per heavy atom. The van der Waals surface area contributed by atoms with E-state index in [4.69, 9.17) is 4.74 Å². The zero-order valence-corrected chi connectivity index (χ0v) is 13.4. The average molecular weight is 314 g/mol. The Morgan fingerprint density at radius 1 is 1.26 bits per heavy atom. The molecule has 0 saturated carbocycles. The second-order valence-corrected chi connectivity index (χ2v) is 5.79. The molecule has 2 N–H and O–H groups in total. The Labute approximate surface area is 136 Å². The zero-order chi connectivity index (χ0) is 16.1. The van der Waals surface area contributed by atoms with E-state index in [2.05, 4.69) is 34.9 Å². The summed E-state index contributed by atoms with van der Waals surface area (Å²) in [6.07, 6.45) is 2.19. The molecule has 0 radical (unpaired) electrons. The number of hydrogen-bond donors (Lipinski definition) is 2. The highest BCUT2D eigenvalue weighted by atomic mass is 19.1. The van der Waals surface area contributed by atoms with Gasteiger partial charge >= 0.3 is 0 Å². The highest BCUT2D eigenvalue weighted by Gasteiger charge is 2.17. The molecule has 0 saturated heterocycles. The summed E-state index contributed by atoms with van der Waals surface area (Å²) in [6.45, 7) is 3.96. The van der Waals surface area contributed by atoms with Crippen molar-refractivity contribution in [1.29, 1.82) is 0 Å². The summed E-state index contributed by atoms with van der Waals surface area (Å²) < 4.78 is 19.2. The molecule has 1 aliphatic rings. The molecule has 0 amide bonds. The van der Waals surface area contributed by atoms with Crippen LogP contribution in [-0.2, 0) is 6.54 Å². The van der Waals surface area contributed by atoms with Crippen LogP contribution in [0.4, 0.5) is 10.1 Å². The molecule has 1 atom stereocenters. The van der Waals surface area contributed by atoms with Crippen molar-refractivity contribution in [3.8, 4) is 5.75 Å². The third kappa shape index (κ3) is 3.82. The lowest BCUT2D eigenvalue weighted by atomic mass is 10.0. The summed E-state index contributed by atoms with van der Waals surface area (Å²) in [7, 11) is 0. The van der Waals surface area contributed by atoms with Crippen molar-refractivity contribution in [2.45, 2.75) is 32.4 Å². The van der Waals surface area contributed by atoms with Crippen LogP contribution in [0.5, 0.6) is 5.75 Å². The molecule has 0 unspecified atom stereocenters. The normalized spacial score (nSPS) is 17.0. The molecule has 4 heteroatoms. The predicted octanol–water partition coefficient (Wildman–Crippen LogP) is 4.26. The molecule has 3 nitrogen and oxygen atoms in total. The highest BCUT2D eigenvalue weighted by molar-refractivity contribution is 5.53. The van der Waals surface area contributed by atoms with Crippen molar-refractivity contribution >= 4 is 5.69 Å². The van der Waals surface area contributed by atoms with Crippen molar-refractivity contribution in [3.05, 3.63) is 59.4 Å². The van der Waals surface area contributed by atoms with Crippen LogP contribution in [-0.4, -0.2) is 13.2 Å². The minimum Gasteiger partial charge on any atom is -0.491 e. The number of hydrogen-bond acceptors (Lipinski definition) is 3. The molecule has 0 spiro atoms. The minimum absolute atomic E-state index is 0.288. The van der Waals surface area contributed by atoms with Crippen LogP contribution >= 0.6 is 0 Å². The Morgan fingerprint density at radius 2 is 2.13 bits per heavy atom. The molecule has 0 aromatic heterocycles. The zero-order valence-electron chi connectivity index (χ0n) is 13.4. The predicted molar refractivity (Wildman–Crippen MR) is 91.3 cm³/mol. The molecule has 2 aromatic carbocycles. The van der Waals surface area contributed by atoms with Gasteiger partial charge in [-0.25, -0.2) is 4.39 Å². The summed E-state index contributed by atoms with van der Waals surface area (Å²) in [5.41, 5.74) is 3.41. The summed E-state index contributed by atoms with van der Waals surface area (Å²) in [5, 5.41) is 7.03. The van der Waals surface area contributed by atoms with E-state index in [-0.39, 0.29) is 11.9 Å². The van der Waals surface area contributed by atoms with Crippen LogP contribution in [0.3, 0.4) is 0 Å². The maximum absolute atomic E-state index is 13.9. The molecular weight excluding hydrogens is 291 g/mol. The van der Waals surface area contributed by atoms with Gasteiger partial charge in [0.1, 0.15) is 0 Å². The lowest BCUT2D eigenvalue weighted by molar-refractivity contribution is 0.321. The Kier molecular flexibility index (Phi) is 5.13. The summed E-state index contributed by atoms with van der Waals surface area (Å²) in [6, 6.07) is 13.9. The third-order valence-corrected chi connectivity index (χ3v) is 4.17. The Balaban J connectivity index is 1.69. The number of halogens is 1. The van der Waals surface area contributed by atoms with Crippen LogP contribution in [0.15, 0.2) is 42.5 Å². The van der Waals surface area contributed by atoms with Gasteiger partial charge in [-0.05, 0) is 49.1 Å². The van der Waals surface area contributed by atoms with Crippen molar-refractivity contribution in [1.82, 2.24) is 5.32 Å². The quantitative estimate of drug-likeness (QED) is 0.865. The summed E-state index contributed by atoms with van der Waals surface area (Å²) in [5.74, 6) is 0.0225. The van der Waals surface area contributed by atoms with E-state index in [9.17, 15) is 4.39 Å². The van der Waals surface area contributed by atoms with Crippen molar-refractivity contribution in [2.75, 3.05) is 18.5 Å². The first-order chi connectivity index (χ1) is 11.3. The van der Waals surface area contributed by atoms with Gasteiger partial charge in [0.05, 0.1) is 6.61 Å². The largest absolute Gasteiger partial charge is 0.491 e. The summed E-state index contributed by atoms with van der Waals surface area (Å²) in [4.78, 5) is 0. The monoisotopic (exact) mass is 314 g/mol. The second kappa shape index (κ2) is 7.47. The number of fused-ring (bicyclic) bond motifs is 1. The van der Waals surface area contributed by atoms with Gasteiger partial charge in [0.2, 0.25) is 0 Å². The lowest BCUT2D eigenvalue weighted by Gasteiger charge is -2.19. The fraction of sp³-hybridized carbons (Fsp3) is 0.368. The minimum atomic E-state index is -0.297. The fourth-order valence-electron chi connectivity index (χ4n) is 3.03. The van der Waals surface area contributed by atoms with E-state index in [0.717, 1.165) is 24.9 Å². The molecule has 1 heterocycles. The first-order valence-electron chi connectivity index (χ1n) is 8.25. The molecule has 122 valence electrons. The molecule has 0 aliphatic carbocycles. The van der Waals surface area contributed by atoms with E-state index in [1.165, 1.54) is 11.3 Å². The smallest absolute Gasteiger partial charge is 0.165 e. The topological polar surface area (TPSA) is 33.3 Å². The van der Waals surface area contributed by atoms with Crippen molar-refractivity contribution in [3.63, 3.8) is 0 Å². The van der Waals surface area contributed by atoms with Crippen LogP contribution in [0.2, 0.25) is 0 Å². The SMILES string of the molecule is CCOc1ccc(CN[C@@H]2CCCNc3ccccc32)cc1F. The van der Waals surface area contributed by atoms with Crippen molar-refractivity contribution < 1.29 is 9.13 Å². The van der Waals surface area contributed by atoms with Gasteiger partial charge in [0.25, 0.3) is 0 Å². The van der Waals surface area contributed by atoms with Gasteiger partial charge in [-0.3, -0.25) is 0 Å². The van der Waals surface area contributed by atoms with Gasteiger partial charge in [-0.15, -0.1) is 0 Å². The molecular formula is C19H23FN2O. The van der Waals surface area contributed by atoms with Gasteiger partial charge in [-0.1, -0.05) is 24.3 Å². The van der Waals surface area contributed by atoms with Crippen LogP contribution in [0.1, 0.15) is 36.9 Å². The van der Waals surface area contributed by atoms with Gasteiger partial charge < -0.3 is 15.4 Å². The summed E-state index contributed by atoms with van der Waals surface area (Å²) >= 11 is 0. The van der Waals surface area contributed by atoms with E-state index < -0.39 is 0 Å². The molecule has 0 fully saturated rings. The number of para-hydroxylation sites is 1. The number of nitrogens with one attached hydrogen (secondary N) is 2. The number of rotatable bonds is 5. The molecule has 3 rings (SSSR count). The fourth-order valence-corrected chi connectivity index (χ4v) is 3.03. The standard InChI is InChI=1S/C19H23FN2O/c1-2-23-19-10-9-14(12-16(19)20)13-22-18-8-5-11-21-17-7-4-3-6-15(17)18/h3-4,6-7,9-10,12,18,21-22H,2,5,8,11,13H2,1H3/t18-/m1/s1. The first kappa shape index (κ1) is 15.8. The number of benzene rings is 2. The molecule has 1 aliphatic heterocycles. The van der Waals surface area contributed by atoms with Gasteiger partial charge in [0, 0.05) is 24.8 Å². The lowest BCUT2D eigenvalue weighted by Crippen LogP contribution is -2.20. The van der Waals surface area contributed by atoms with E-state index >= 15 is 0 Å². The van der Waals surface area contributed by atoms with E-state index in [1.807, 2.05) is 13.0 Å². The first-order valence-corrected chi connectivity index (χ1v) is 8.25. The molecule has 23 heavy (non-hydrogen) atoms. The maximum Gasteiger partial charge on any atom is 0.165 e. The number of ether oxygens (including phenoxy) is 1. The van der Waals surface area contributed by atoms with Crippen LogP contribution in [0.25, 0.3) is 0 Å². The number of anilines is 1. The van der Waals surface area contributed by atoms with E-state index in [1.54, 1.807) is 12.1 Å². The Hall–Kier alpha value is -2.07. The van der Waals surface area contributed by atoms with Crippen molar-refractivity contribution in [2.24, 2.45) is 0 Å². The molecule has 0 bridgehead atoms. The van der Waals surface area contributed by atoms with Gasteiger partial charge in [-0.2, -0.15) is 0 Å². The maximum atomic E-state index is 13.9.